The van der Waals surface area contributed by atoms with Crippen LogP contribution in [0.2, 0.25) is 0 Å². The molecule has 0 aromatic heterocycles. The zero-order chi connectivity index (χ0) is 26.9. The molecule has 4 fully saturated rings. The van der Waals surface area contributed by atoms with Crippen LogP contribution in [0.5, 0.6) is 0 Å². The van der Waals surface area contributed by atoms with E-state index in [1.807, 2.05) is 0 Å². The summed E-state index contributed by atoms with van der Waals surface area (Å²) < 4.78 is 69.2. The van der Waals surface area contributed by atoms with Gasteiger partial charge in [0.1, 0.15) is 24.6 Å². The monoisotopic (exact) mass is 559 g/mol. The summed E-state index contributed by atoms with van der Waals surface area (Å²) in [6.07, 6.45) is -6.13. The van der Waals surface area contributed by atoms with E-state index >= 15 is 0 Å². The lowest BCUT2D eigenvalue weighted by molar-refractivity contribution is -0.168. The van der Waals surface area contributed by atoms with Gasteiger partial charge in [-0.15, -0.1) is 11.6 Å². The summed E-state index contributed by atoms with van der Waals surface area (Å²) >= 11 is 6.16. The zero-order valence-electron chi connectivity index (χ0n) is 20.4. The molecule has 9 nitrogen and oxygen atoms in total. The molecule has 2 aliphatic carbocycles. The van der Waals surface area contributed by atoms with Crippen LogP contribution in [-0.2, 0) is 4.79 Å². The van der Waals surface area contributed by atoms with Gasteiger partial charge in [0.25, 0.3) is 0 Å². The molecule has 15 heteroatoms. The highest BCUT2D eigenvalue weighted by Crippen LogP contribution is 2.33. The minimum atomic E-state index is -4.65. The number of carbonyl (C=O) groups excluding carboxylic acids is 1. The first-order valence-electron chi connectivity index (χ1n) is 12.7. The number of hydrogen-bond donors (Lipinski definition) is 6. The molecular formula is C22H35ClF5N7O2. The van der Waals surface area contributed by atoms with Crippen molar-refractivity contribution in [2.24, 2.45) is 16.8 Å². The van der Waals surface area contributed by atoms with E-state index in [4.69, 9.17) is 11.6 Å². The van der Waals surface area contributed by atoms with Gasteiger partial charge in [-0.1, -0.05) is 0 Å². The number of aliphatic hydroxyl groups excluding tert-OH is 1. The summed E-state index contributed by atoms with van der Waals surface area (Å²) in [5, 5.41) is 16.2. The SMILES string of the molecule is CN1CC(C(=O)N/C(=N\C2CC(C3CC(O)CCC3F)NN2)NC2CC(F)CC(Cl)C2)C(C(F)(F)F)N1. The molecule has 4 rings (SSSR count). The summed E-state index contributed by atoms with van der Waals surface area (Å²) in [6, 6.07) is -2.89. The maximum absolute atomic E-state index is 14.5. The van der Waals surface area contributed by atoms with E-state index in [9.17, 15) is 31.9 Å². The fourth-order valence-corrected chi connectivity index (χ4v) is 6.18. The number of aliphatic imine (C=N–C) groups is 1. The van der Waals surface area contributed by atoms with Gasteiger partial charge in [0.2, 0.25) is 5.91 Å². The number of nitrogens with zero attached hydrogens (tertiary/aromatic N) is 2. The summed E-state index contributed by atoms with van der Waals surface area (Å²) in [5.41, 5.74) is 8.18. The van der Waals surface area contributed by atoms with E-state index in [1.165, 1.54) is 12.1 Å². The smallest absolute Gasteiger partial charge is 0.393 e. The number of carbonyl (C=O) groups is 1. The van der Waals surface area contributed by atoms with Crippen LogP contribution in [0.15, 0.2) is 4.99 Å². The number of guanidine groups is 1. The Morgan fingerprint density at radius 1 is 1.11 bits per heavy atom. The first-order chi connectivity index (χ1) is 17.4. The van der Waals surface area contributed by atoms with E-state index in [0.29, 0.717) is 25.7 Å². The molecule has 6 N–H and O–H groups in total. The van der Waals surface area contributed by atoms with E-state index in [2.05, 4.69) is 31.9 Å². The average Bonchev–Trinajstić information content (AvgIpc) is 3.41. The van der Waals surface area contributed by atoms with Crippen LogP contribution >= 0.6 is 11.6 Å². The maximum atomic E-state index is 14.5. The molecular weight excluding hydrogens is 525 g/mol. The Balaban J connectivity index is 1.48. The molecule has 4 aliphatic rings. The second-order valence-electron chi connectivity index (χ2n) is 10.6. The van der Waals surface area contributed by atoms with Crippen LogP contribution in [0.25, 0.3) is 0 Å². The van der Waals surface area contributed by atoms with Gasteiger partial charge in [-0.05, 0) is 38.5 Å². The standard InChI is InChI=1S/C22H35ClF5N7O2/c1-35-9-15(19(34-35)22(26,27)28)20(37)31-21(29-12-5-10(23)4-11(24)6-12)30-18-8-17(32-33-18)14-7-13(36)2-3-16(14)25/h10-19,32-34,36H,2-9H2,1H3,(H2,29,30,31,37). The van der Waals surface area contributed by atoms with E-state index in [0.717, 1.165) is 0 Å². The Kier molecular flexibility index (Phi) is 9.17. The highest BCUT2D eigenvalue weighted by Gasteiger charge is 2.52. The van der Waals surface area contributed by atoms with Gasteiger partial charge in [0.05, 0.1) is 12.0 Å². The third kappa shape index (κ3) is 7.41. The van der Waals surface area contributed by atoms with Crippen molar-refractivity contribution in [3.8, 4) is 0 Å². The van der Waals surface area contributed by atoms with Gasteiger partial charge >= 0.3 is 6.18 Å². The van der Waals surface area contributed by atoms with Gasteiger partial charge in [0, 0.05) is 43.4 Å². The fourth-order valence-electron chi connectivity index (χ4n) is 5.77. The first kappa shape index (κ1) is 28.7. The molecule has 0 aromatic carbocycles. The maximum Gasteiger partial charge on any atom is 0.405 e. The molecule has 2 saturated carbocycles. The van der Waals surface area contributed by atoms with Crippen molar-refractivity contribution in [3.05, 3.63) is 0 Å². The number of nitrogens with one attached hydrogen (secondary N) is 5. The summed E-state index contributed by atoms with van der Waals surface area (Å²) in [6.45, 7) is -0.170. The van der Waals surface area contributed by atoms with Gasteiger partial charge in [-0.3, -0.25) is 15.5 Å². The zero-order valence-corrected chi connectivity index (χ0v) is 21.2. The number of rotatable bonds is 4. The average molecular weight is 560 g/mol. The minimum Gasteiger partial charge on any atom is -0.393 e. The molecule has 2 saturated heterocycles. The fraction of sp³-hybridized carbons (Fsp3) is 0.909. The van der Waals surface area contributed by atoms with Crippen LogP contribution < -0.4 is 26.9 Å². The number of amides is 1. The van der Waals surface area contributed by atoms with E-state index < -0.39 is 66.0 Å². The molecule has 10 atom stereocenters. The first-order valence-corrected chi connectivity index (χ1v) is 13.1. The Hall–Kier alpha value is -1.32. The quantitative estimate of drug-likeness (QED) is 0.133. The molecule has 2 heterocycles. The Labute approximate surface area is 217 Å². The van der Waals surface area contributed by atoms with Crippen molar-refractivity contribution in [2.45, 2.75) is 99.2 Å². The number of aliphatic hydroxyl groups is 1. The lowest BCUT2D eigenvalue weighted by atomic mass is 9.80. The molecule has 0 radical (unpaired) electrons. The third-order valence-corrected chi connectivity index (χ3v) is 7.95. The topological polar surface area (TPSA) is 113 Å². The normalized spacial score (nSPS) is 42.1. The second-order valence-corrected chi connectivity index (χ2v) is 11.3. The van der Waals surface area contributed by atoms with Crippen molar-refractivity contribution in [2.75, 3.05) is 13.6 Å². The van der Waals surface area contributed by atoms with Crippen molar-refractivity contribution in [1.82, 2.24) is 31.9 Å². The van der Waals surface area contributed by atoms with Crippen molar-refractivity contribution < 1.29 is 31.9 Å². The molecule has 212 valence electrons. The van der Waals surface area contributed by atoms with Crippen LogP contribution in [0.4, 0.5) is 22.0 Å². The van der Waals surface area contributed by atoms with E-state index in [-0.39, 0.29) is 37.8 Å². The van der Waals surface area contributed by atoms with Gasteiger partial charge in [-0.2, -0.15) is 13.2 Å². The van der Waals surface area contributed by atoms with E-state index in [1.54, 1.807) is 0 Å². The van der Waals surface area contributed by atoms with Crippen LogP contribution in [-0.4, -0.2) is 89.9 Å². The Bertz CT molecular complexity index is 830. The Morgan fingerprint density at radius 3 is 2.57 bits per heavy atom. The molecule has 10 unspecified atom stereocenters. The van der Waals surface area contributed by atoms with Gasteiger partial charge < -0.3 is 10.4 Å². The number of hydrazine groups is 2. The van der Waals surface area contributed by atoms with Crippen LogP contribution in [0.1, 0.15) is 44.9 Å². The molecule has 0 aromatic rings. The van der Waals surface area contributed by atoms with Gasteiger partial charge in [-0.25, -0.2) is 29.6 Å². The lowest BCUT2D eigenvalue weighted by Gasteiger charge is -2.33. The molecule has 0 spiro atoms. The van der Waals surface area contributed by atoms with Crippen molar-refractivity contribution in [3.63, 3.8) is 0 Å². The lowest BCUT2D eigenvalue weighted by Crippen LogP contribution is -2.54. The highest BCUT2D eigenvalue weighted by molar-refractivity contribution is 6.20. The Morgan fingerprint density at radius 2 is 1.86 bits per heavy atom. The summed E-state index contributed by atoms with van der Waals surface area (Å²) in [4.78, 5) is 17.4. The number of alkyl halides is 6. The molecule has 0 bridgehead atoms. The number of hydrogen-bond acceptors (Lipinski definition) is 7. The third-order valence-electron chi connectivity index (χ3n) is 7.60. The molecule has 1 amide bonds. The minimum absolute atomic E-state index is 0.0936. The summed E-state index contributed by atoms with van der Waals surface area (Å²) in [5.74, 6) is -2.85. The molecule has 37 heavy (non-hydrogen) atoms. The van der Waals surface area contributed by atoms with Crippen molar-refractivity contribution >= 4 is 23.5 Å². The van der Waals surface area contributed by atoms with Crippen molar-refractivity contribution in [1.29, 1.82) is 0 Å². The predicted octanol–water partition coefficient (Wildman–Crippen LogP) is 1.24. The summed E-state index contributed by atoms with van der Waals surface area (Å²) in [7, 11) is 1.41. The van der Waals surface area contributed by atoms with Gasteiger partial charge in [0.15, 0.2) is 5.96 Å². The second kappa shape index (κ2) is 11.8. The van der Waals surface area contributed by atoms with Crippen LogP contribution in [0.3, 0.4) is 0 Å². The largest absolute Gasteiger partial charge is 0.405 e. The molecule has 2 aliphatic heterocycles. The highest BCUT2D eigenvalue weighted by atomic mass is 35.5. The van der Waals surface area contributed by atoms with Crippen LogP contribution in [0, 0.1) is 11.8 Å². The number of halogens is 6. The predicted molar refractivity (Wildman–Crippen MR) is 127 cm³/mol.